The Morgan fingerprint density at radius 1 is 1.26 bits per heavy atom. The maximum Gasteiger partial charge on any atom is 0.227 e. The molecule has 0 radical (unpaired) electrons. The van der Waals surface area contributed by atoms with Gasteiger partial charge in [0.25, 0.3) is 0 Å². The van der Waals surface area contributed by atoms with E-state index in [0.717, 1.165) is 62.6 Å². The number of methoxy groups -OCH3 is 1. The lowest BCUT2D eigenvalue weighted by Crippen LogP contribution is -2.59. The number of benzene rings is 1. The van der Waals surface area contributed by atoms with Gasteiger partial charge >= 0.3 is 0 Å². The molecule has 1 aromatic heterocycles. The molecule has 2 aliphatic rings. The predicted molar refractivity (Wildman–Crippen MR) is 104 cm³/mol. The van der Waals surface area contributed by atoms with E-state index in [1.165, 1.54) is 0 Å². The number of carbonyl (C=O) groups excluding carboxylic acids is 1. The molecule has 6 nitrogen and oxygen atoms in total. The van der Waals surface area contributed by atoms with E-state index < -0.39 is 0 Å². The number of nitrogens with one attached hydrogen (secondary N) is 1. The van der Waals surface area contributed by atoms with Gasteiger partial charge in [-0.05, 0) is 63.4 Å². The number of hydrogen-bond acceptors (Lipinski definition) is 4. The van der Waals surface area contributed by atoms with Crippen molar-refractivity contribution in [3.63, 3.8) is 0 Å². The van der Waals surface area contributed by atoms with Crippen LogP contribution in [0.4, 0.5) is 0 Å². The highest BCUT2D eigenvalue weighted by atomic mass is 16.5. The van der Waals surface area contributed by atoms with Crippen LogP contribution in [-0.2, 0) is 11.3 Å². The fraction of sp³-hybridized carbons (Fsp3) is 0.524. The Morgan fingerprint density at radius 2 is 2.04 bits per heavy atom. The van der Waals surface area contributed by atoms with Crippen LogP contribution in [0.25, 0.3) is 5.69 Å². The van der Waals surface area contributed by atoms with Crippen LogP contribution in [0.2, 0.25) is 0 Å². The molecule has 1 spiro atoms. The molecule has 4 rings (SSSR count). The first-order chi connectivity index (χ1) is 13.1. The van der Waals surface area contributed by atoms with Crippen molar-refractivity contribution in [1.29, 1.82) is 0 Å². The summed E-state index contributed by atoms with van der Waals surface area (Å²) in [5.41, 5.74) is 0.826. The summed E-state index contributed by atoms with van der Waals surface area (Å²) in [5.74, 6) is 2.08. The zero-order chi connectivity index (χ0) is 18.9. The van der Waals surface area contributed by atoms with Crippen molar-refractivity contribution in [3.05, 3.63) is 42.5 Å². The highest BCUT2D eigenvalue weighted by molar-refractivity contribution is 5.84. The van der Waals surface area contributed by atoms with Crippen LogP contribution >= 0.6 is 0 Å². The van der Waals surface area contributed by atoms with Crippen molar-refractivity contribution in [2.45, 2.75) is 45.2 Å². The molecule has 0 bridgehead atoms. The molecule has 3 heterocycles. The smallest absolute Gasteiger partial charge is 0.227 e. The number of ether oxygens (including phenoxy) is 1. The van der Waals surface area contributed by atoms with Crippen molar-refractivity contribution in [1.82, 2.24) is 19.8 Å². The van der Waals surface area contributed by atoms with Crippen LogP contribution < -0.4 is 10.1 Å². The Kier molecular flexibility index (Phi) is 4.91. The van der Waals surface area contributed by atoms with E-state index in [2.05, 4.69) is 26.7 Å². The second-order valence-corrected chi connectivity index (χ2v) is 7.68. The molecular formula is C21H28N4O2. The molecule has 0 aliphatic carbocycles. The second-order valence-electron chi connectivity index (χ2n) is 7.68. The standard InChI is InChI=1S/C21H28N4O2/c1-16-21(9-3-11-23-20(21)26)10-4-13-24(16)15-19-22-12-14-25(19)17-5-7-18(27-2)8-6-17/h5-8,12,14,16H,3-4,9-11,13,15H2,1-2H3,(H,23,26)/t16-,21+/m1/s1. The van der Waals surface area contributed by atoms with E-state index in [1.54, 1.807) is 7.11 Å². The number of nitrogens with zero attached hydrogens (tertiary/aromatic N) is 3. The Labute approximate surface area is 160 Å². The summed E-state index contributed by atoms with van der Waals surface area (Å²) in [6.07, 6.45) is 7.95. The van der Waals surface area contributed by atoms with Crippen LogP contribution in [0.15, 0.2) is 36.7 Å². The summed E-state index contributed by atoms with van der Waals surface area (Å²) in [6.45, 7) is 4.78. The fourth-order valence-corrected chi connectivity index (χ4v) is 4.71. The van der Waals surface area contributed by atoms with E-state index >= 15 is 0 Å². The number of imidazole rings is 1. The van der Waals surface area contributed by atoms with Crippen LogP contribution in [0.3, 0.4) is 0 Å². The SMILES string of the molecule is COc1ccc(-n2ccnc2CN2CCC[C@@]3(CCCNC3=O)[C@H]2C)cc1. The third-order valence-electron chi connectivity index (χ3n) is 6.37. The van der Waals surface area contributed by atoms with E-state index in [1.807, 2.05) is 36.7 Å². The van der Waals surface area contributed by atoms with Gasteiger partial charge in [-0.3, -0.25) is 9.69 Å². The summed E-state index contributed by atoms with van der Waals surface area (Å²) in [7, 11) is 1.67. The predicted octanol–water partition coefficient (Wildman–Crippen LogP) is 2.76. The monoisotopic (exact) mass is 368 g/mol. The third-order valence-corrected chi connectivity index (χ3v) is 6.37. The molecule has 2 aliphatic heterocycles. The van der Waals surface area contributed by atoms with E-state index in [9.17, 15) is 4.79 Å². The first-order valence-corrected chi connectivity index (χ1v) is 9.83. The van der Waals surface area contributed by atoms with Gasteiger partial charge in [-0.1, -0.05) is 0 Å². The first kappa shape index (κ1) is 18.0. The van der Waals surface area contributed by atoms with E-state index in [4.69, 9.17) is 4.74 Å². The molecule has 0 unspecified atom stereocenters. The highest BCUT2D eigenvalue weighted by Crippen LogP contribution is 2.42. The van der Waals surface area contributed by atoms with Gasteiger partial charge in [-0.25, -0.2) is 4.98 Å². The van der Waals surface area contributed by atoms with Crippen LogP contribution in [-0.4, -0.2) is 46.6 Å². The van der Waals surface area contributed by atoms with Gasteiger partial charge in [0.05, 0.1) is 19.1 Å². The Bertz CT molecular complexity index is 797. The Balaban J connectivity index is 1.55. The average Bonchev–Trinajstić information content (AvgIpc) is 3.16. The number of hydrogen-bond donors (Lipinski definition) is 1. The van der Waals surface area contributed by atoms with Crippen LogP contribution in [0, 0.1) is 5.41 Å². The van der Waals surface area contributed by atoms with Gasteiger partial charge in [0, 0.05) is 30.7 Å². The van der Waals surface area contributed by atoms with Gasteiger partial charge in [-0.15, -0.1) is 0 Å². The minimum absolute atomic E-state index is 0.215. The highest BCUT2D eigenvalue weighted by Gasteiger charge is 2.48. The summed E-state index contributed by atoms with van der Waals surface area (Å²) < 4.78 is 7.37. The lowest BCUT2D eigenvalue weighted by atomic mass is 9.68. The van der Waals surface area contributed by atoms with E-state index in [0.29, 0.717) is 0 Å². The third kappa shape index (κ3) is 3.23. The molecule has 6 heteroatoms. The maximum atomic E-state index is 12.7. The Morgan fingerprint density at radius 3 is 2.78 bits per heavy atom. The lowest BCUT2D eigenvalue weighted by Gasteiger charge is -2.49. The maximum absolute atomic E-state index is 12.7. The molecular weight excluding hydrogens is 340 g/mol. The number of aromatic nitrogens is 2. The number of carbonyl (C=O) groups is 1. The topological polar surface area (TPSA) is 59.4 Å². The van der Waals surface area contributed by atoms with Gasteiger partial charge in [-0.2, -0.15) is 0 Å². The lowest BCUT2D eigenvalue weighted by molar-refractivity contribution is -0.142. The molecule has 2 aromatic rings. The summed E-state index contributed by atoms with van der Waals surface area (Å²) in [6, 6.07) is 8.22. The molecule has 1 aromatic carbocycles. The number of rotatable bonds is 4. The van der Waals surface area contributed by atoms with Crippen molar-refractivity contribution < 1.29 is 9.53 Å². The molecule has 27 heavy (non-hydrogen) atoms. The minimum atomic E-state index is -0.242. The van der Waals surface area contributed by atoms with Gasteiger partial charge in [0.1, 0.15) is 11.6 Å². The quantitative estimate of drug-likeness (QED) is 0.902. The minimum Gasteiger partial charge on any atom is -0.497 e. The average molecular weight is 368 g/mol. The largest absolute Gasteiger partial charge is 0.497 e. The zero-order valence-corrected chi connectivity index (χ0v) is 16.1. The first-order valence-electron chi connectivity index (χ1n) is 9.83. The number of amides is 1. The summed E-state index contributed by atoms with van der Waals surface area (Å²) >= 11 is 0. The van der Waals surface area contributed by atoms with Crippen LogP contribution in [0.1, 0.15) is 38.4 Å². The van der Waals surface area contributed by atoms with Crippen molar-refractivity contribution in [3.8, 4) is 11.4 Å². The molecule has 1 amide bonds. The number of likely N-dealkylation sites (tertiary alicyclic amines) is 1. The second kappa shape index (κ2) is 7.35. The summed E-state index contributed by atoms with van der Waals surface area (Å²) in [5, 5.41) is 3.10. The molecule has 1 N–H and O–H groups in total. The molecule has 2 atom stereocenters. The van der Waals surface area contributed by atoms with Crippen molar-refractivity contribution in [2.24, 2.45) is 5.41 Å². The van der Waals surface area contributed by atoms with Crippen molar-refractivity contribution >= 4 is 5.91 Å². The normalized spacial score (nSPS) is 26.1. The van der Waals surface area contributed by atoms with Gasteiger partial charge < -0.3 is 14.6 Å². The molecule has 2 fully saturated rings. The molecule has 2 saturated heterocycles. The van der Waals surface area contributed by atoms with E-state index in [-0.39, 0.29) is 17.4 Å². The zero-order valence-electron chi connectivity index (χ0n) is 16.1. The van der Waals surface area contributed by atoms with Crippen molar-refractivity contribution in [2.75, 3.05) is 20.2 Å². The van der Waals surface area contributed by atoms with Crippen LogP contribution in [0.5, 0.6) is 5.75 Å². The number of piperidine rings is 2. The molecule has 144 valence electrons. The van der Waals surface area contributed by atoms with Gasteiger partial charge in [0.15, 0.2) is 0 Å². The fourth-order valence-electron chi connectivity index (χ4n) is 4.71. The Hall–Kier alpha value is -2.34. The summed E-state index contributed by atoms with van der Waals surface area (Å²) in [4.78, 5) is 19.7. The molecule has 0 saturated carbocycles. The van der Waals surface area contributed by atoms with Gasteiger partial charge in [0.2, 0.25) is 5.91 Å².